The summed E-state index contributed by atoms with van der Waals surface area (Å²) in [6, 6.07) is 16.0. The smallest absolute Gasteiger partial charge is 0.410 e. The van der Waals surface area contributed by atoms with Gasteiger partial charge in [-0.3, -0.25) is 0 Å². The van der Waals surface area contributed by atoms with Crippen LogP contribution in [-0.2, 0) is 21.3 Å². The Balaban J connectivity index is 1.34. The van der Waals surface area contributed by atoms with E-state index in [2.05, 4.69) is 9.55 Å². The van der Waals surface area contributed by atoms with Crippen molar-refractivity contribution in [3.8, 4) is 11.4 Å². The predicted octanol–water partition coefficient (Wildman–Crippen LogP) is 5.78. The number of hydrogen-bond donors (Lipinski definition) is 0. The van der Waals surface area contributed by atoms with Crippen LogP contribution in [0.2, 0.25) is 0 Å². The van der Waals surface area contributed by atoms with Crippen LogP contribution in [0, 0.1) is 5.92 Å². The zero-order valence-electron chi connectivity index (χ0n) is 22.1. The maximum atomic E-state index is 13.5. The number of carbonyl (C=O) groups excluding carboxylic acids is 1. The van der Waals surface area contributed by atoms with E-state index < -0.39 is 15.6 Å². The van der Waals surface area contributed by atoms with Crippen molar-refractivity contribution >= 4 is 27.0 Å². The number of aryl methyl sites for hydroxylation is 1. The molecule has 38 heavy (non-hydrogen) atoms. The quantitative estimate of drug-likeness (QED) is 0.313. The number of piperidine rings is 1. The van der Waals surface area contributed by atoms with Crippen LogP contribution in [0.4, 0.5) is 4.79 Å². The van der Waals surface area contributed by atoms with E-state index in [4.69, 9.17) is 4.74 Å². The number of rotatable bonds is 6. The van der Waals surface area contributed by atoms with Crippen molar-refractivity contribution in [2.45, 2.75) is 57.1 Å². The van der Waals surface area contributed by atoms with Crippen molar-refractivity contribution in [1.82, 2.24) is 18.4 Å². The molecule has 0 bridgehead atoms. The van der Waals surface area contributed by atoms with E-state index in [-0.39, 0.29) is 11.0 Å². The molecule has 1 aliphatic heterocycles. The van der Waals surface area contributed by atoms with E-state index in [1.54, 1.807) is 47.6 Å². The molecule has 200 valence electrons. The highest BCUT2D eigenvalue weighted by Gasteiger charge is 2.27. The molecule has 0 saturated carbocycles. The number of imidazole rings is 1. The molecule has 5 rings (SSSR count). The second-order valence-electron chi connectivity index (χ2n) is 10.8. The van der Waals surface area contributed by atoms with Crippen molar-refractivity contribution in [3.63, 3.8) is 0 Å². The molecule has 8 nitrogen and oxygen atoms in total. The first-order valence-corrected chi connectivity index (χ1v) is 14.5. The average Bonchev–Trinajstić information content (AvgIpc) is 3.52. The number of ether oxygens (including phenoxy) is 1. The topological polar surface area (TPSA) is 86.4 Å². The Bertz CT molecular complexity index is 1530. The van der Waals surface area contributed by atoms with Gasteiger partial charge in [0.15, 0.2) is 0 Å². The number of benzene rings is 2. The van der Waals surface area contributed by atoms with Gasteiger partial charge in [0.05, 0.1) is 10.4 Å². The summed E-state index contributed by atoms with van der Waals surface area (Å²) < 4.78 is 36.0. The van der Waals surface area contributed by atoms with Gasteiger partial charge >= 0.3 is 6.09 Å². The van der Waals surface area contributed by atoms with Crippen molar-refractivity contribution in [2.24, 2.45) is 5.92 Å². The Morgan fingerprint density at radius 2 is 1.71 bits per heavy atom. The predicted molar refractivity (Wildman–Crippen MR) is 147 cm³/mol. The Labute approximate surface area is 223 Å². The summed E-state index contributed by atoms with van der Waals surface area (Å²) in [6.45, 7) is 7.80. The fourth-order valence-corrected chi connectivity index (χ4v) is 6.41. The van der Waals surface area contributed by atoms with Gasteiger partial charge in [-0.2, -0.15) is 0 Å². The van der Waals surface area contributed by atoms with E-state index in [0.29, 0.717) is 24.5 Å². The fraction of sp³-hybridized carbons (Fsp3) is 0.379. The summed E-state index contributed by atoms with van der Waals surface area (Å²) >= 11 is 0. The zero-order valence-corrected chi connectivity index (χ0v) is 22.9. The summed E-state index contributed by atoms with van der Waals surface area (Å²) in [5, 5.41) is 0.838. The molecule has 0 N–H and O–H groups in total. The van der Waals surface area contributed by atoms with E-state index in [9.17, 15) is 13.2 Å². The van der Waals surface area contributed by atoms with Crippen LogP contribution in [0.1, 0.15) is 40.0 Å². The third kappa shape index (κ3) is 5.34. The minimum absolute atomic E-state index is 0.241. The van der Waals surface area contributed by atoms with E-state index >= 15 is 0 Å². The van der Waals surface area contributed by atoms with Gasteiger partial charge in [-0.25, -0.2) is 22.2 Å². The van der Waals surface area contributed by atoms with Gasteiger partial charge in [-0.1, -0.05) is 36.4 Å². The largest absolute Gasteiger partial charge is 0.444 e. The number of carbonyl (C=O) groups is 1. The van der Waals surface area contributed by atoms with Crippen molar-refractivity contribution < 1.29 is 17.9 Å². The molecule has 1 aliphatic rings. The molecule has 2 aromatic carbocycles. The van der Waals surface area contributed by atoms with Gasteiger partial charge in [0, 0.05) is 49.2 Å². The van der Waals surface area contributed by atoms with Crippen LogP contribution in [0.5, 0.6) is 0 Å². The van der Waals surface area contributed by atoms with Crippen LogP contribution < -0.4 is 0 Å². The van der Waals surface area contributed by atoms with Gasteiger partial charge in [0.2, 0.25) is 0 Å². The van der Waals surface area contributed by atoms with Crippen LogP contribution in [-0.4, -0.2) is 51.6 Å². The number of likely N-dealkylation sites (tertiary alicyclic amines) is 1. The minimum atomic E-state index is -3.76. The van der Waals surface area contributed by atoms with Gasteiger partial charge in [-0.05, 0) is 64.2 Å². The van der Waals surface area contributed by atoms with Gasteiger partial charge in [0.25, 0.3) is 10.0 Å². The van der Waals surface area contributed by atoms with Crippen molar-refractivity contribution in [3.05, 3.63) is 73.2 Å². The SMILES string of the molecule is CC(C)(C)OC(=O)N1CCC(CCn2ccnc2-c2cn(S(=O)(=O)c3ccccc3)c3ccccc23)CC1. The average molecular weight is 535 g/mol. The lowest BCUT2D eigenvalue weighted by molar-refractivity contribution is 0.0180. The van der Waals surface area contributed by atoms with E-state index in [0.717, 1.165) is 42.6 Å². The van der Waals surface area contributed by atoms with E-state index in [1.165, 1.54) is 3.97 Å². The van der Waals surface area contributed by atoms with Crippen LogP contribution in [0.15, 0.2) is 78.1 Å². The number of amides is 1. The number of hydrogen-bond acceptors (Lipinski definition) is 5. The molecular formula is C29H34N4O4S. The summed E-state index contributed by atoms with van der Waals surface area (Å²) in [4.78, 5) is 19.0. The highest BCUT2D eigenvalue weighted by Crippen LogP contribution is 2.33. The molecule has 4 aromatic rings. The summed E-state index contributed by atoms with van der Waals surface area (Å²) in [6.07, 6.45) is 7.96. The summed E-state index contributed by atoms with van der Waals surface area (Å²) in [5.74, 6) is 1.23. The minimum Gasteiger partial charge on any atom is -0.444 e. The Morgan fingerprint density at radius 3 is 2.42 bits per heavy atom. The third-order valence-corrected chi connectivity index (χ3v) is 8.67. The van der Waals surface area contributed by atoms with Gasteiger partial charge in [-0.15, -0.1) is 0 Å². The molecule has 1 saturated heterocycles. The maximum absolute atomic E-state index is 13.5. The first-order valence-electron chi connectivity index (χ1n) is 13.0. The molecule has 1 fully saturated rings. The van der Waals surface area contributed by atoms with Crippen molar-refractivity contribution in [1.29, 1.82) is 0 Å². The normalized spacial score (nSPS) is 15.2. The third-order valence-electron chi connectivity index (χ3n) is 6.98. The van der Waals surface area contributed by atoms with E-state index in [1.807, 2.05) is 51.2 Å². The molecule has 0 radical (unpaired) electrons. The molecule has 3 heterocycles. The monoisotopic (exact) mass is 534 g/mol. The first kappa shape index (κ1) is 26.0. The molecular weight excluding hydrogens is 500 g/mol. The molecule has 1 amide bonds. The lowest BCUT2D eigenvalue weighted by Crippen LogP contribution is -2.41. The molecule has 0 spiro atoms. The second-order valence-corrected chi connectivity index (χ2v) is 12.6. The zero-order chi connectivity index (χ0) is 26.9. The molecule has 2 aromatic heterocycles. The highest BCUT2D eigenvalue weighted by molar-refractivity contribution is 7.90. The van der Waals surface area contributed by atoms with Crippen LogP contribution in [0.3, 0.4) is 0 Å². The second kappa shape index (κ2) is 10.3. The Kier molecular flexibility index (Phi) is 7.05. The Hall–Kier alpha value is -3.59. The maximum Gasteiger partial charge on any atom is 0.410 e. The summed E-state index contributed by atoms with van der Waals surface area (Å²) in [7, 11) is -3.76. The van der Waals surface area contributed by atoms with Gasteiger partial charge in [0.1, 0.15) is 11.4 Å². The lowest BCUT2D eigenvalue weighted by atomic mass is 9.93. The molecule has 0 aliphatic carbocycles. The summed E-state index contributed by atoms with van der Waals surface area (Å²) in [5.41, 5.74) is 0.912. The van der Waals surface area contributed by atoms with Crippen molar-refractivity contribution in [2.75, 3.05) is 13.1 Å². The van der Waals surface area contributed by atoms with Crippen LogP contribution >= 0.6 is 0 Å². The Morgan fingerprint density at radius 1 is 1.03 bits per heavy atom. The van der Waals surface area contributed by atoms with Crippen LogP contribution in [0.25, 0.3) is 22.3 Å². The molecule has 9 heteroatoms. The number of fused-ring (bicyclic) bond motifs is 1. The first-order chi connectivity index (χ1) is 18.1. The fourth-order valence-electron chi connectivity index (χ4n) is 5.02. The number of aromatic nitrogens is 3. The standard InChI is InChI=1S/C29H34N4O4S/c1-29(2,3)37-28(34)32-18-14-22(15-19-32)13-17-31-20-16-30-27(31)25-21-33(26-12-8-7-11-24(25)26)38(35,36)23-9-5-4-6-10-23/h4-12,16,20-22H,13-15,17-19H2,1-3H3. The highest BCUT2D eigenvalue weighted by atomic mass is 32.2. The lowest BCUT2D eigenvalue weighted by Gasteiger charge is -2.33. The number of nitrogens with zero attached hydrogens (tertiary/aromatic N) is 4. The molecule has 0 unspecified atom stereocenters. The number of para-hydroxylation sites is 1. The van der Waals surface area contributed by atoms with Gasteiger partial charge < -0.3 is 14.2 Å². The molecule has 0 atom stereocenters.